The largest absolute Gasteiger partial charge is 0.497 e. The quantitative estimate of drug-likeness (QED) is 0.690. The van der Waals surface area contributed by atoms with Gasteiger partial charge in [0.1, 0.15) is 19.3 Å². The monoisotopic (exact) mass is 242 g/mol. The Morgan fingerprint density at radius 1 is 1.33 bits per heavy atom. The van der Waals surface area contributed by atoms with E-state index in [0.717, 1.165) is 18.7 Å². The highest BCUT2D eigenvalue weighted by molar-refractivity contribution is 5.92. The lowest BCUT2D eigenvalue weighted by Gasteiger charge is -2.08. The van der Waals surface area contributed by atoms with Crippen molar-refractivity contribution in [1.29, 1.82) is 0 Å². The van der Waals surface area contributed by atoms with Crippen LogP contribution in [0.2, 0.25) is 0 Å². The Morgan fingerprint density at radius 2 is 2.17 bits per heavy atom. The molecule has 3 rings (SSSR count). The van der Waals surface area contributed by atoms with E-state index in [1.165, 1.54) is 23.1 Å². The fraction of sp³-hybridized carbons (Fsp3) is 0.438. The molecule has 0 bridgehead atoms. The number of rotatable bonds is 1. The van der Waals surface area contributed by atoms with E-state index in [4.69, 9.17) is 4.74 Å². The lowest BCUT2D eigenvalue weighted by atomic mass is 9.95. The van der Waals surface area contributed by atoms with Crippen molar-refractivity contribution in [2.24, 2.45) is 5.92 Å². The molecule has 0 saturated heterocycles. The molecular formula is C16H20NO+. The number of allylic oxidation sites excluding steroid dienone is 1. The Morgan fingerprint density at radius 3 is 2.83 bits per heavy atom. The number of methoxy groups -OCH3 is 1. The summed E-state index contributed by atoms with van der Waals surface area (Å²) in [5, 5.41) is 0. The smallest absolute Gasteiger partial charge is 0.166 e. The molecule has 1 aromatic rings. The minimum absolute atomic E-state index is 0.629. The van der Waals surface area contributed by atoms with Gasteiger partial charge >= 0.3 is 0 Å². The Kier molecular flexibility index (Phi) is 2.73. The molecule has 1 atom stereocenters. The number of nitrogens with zero attached hydrogens (tertiary/aromatic N) is 1. The van der Waals surface area contributed by atoms with Gasteiger partial charge in [-0.2, -0.15) is 0 Å². The van der Waals surface area contributed by atoms with Gasteiger partial charge in [-0.1, -0.05) is 13.0 Å². The van der Waals surface area contributed by atoms with Crippen LogP contribution in [0.5, 0.6) is 5.75 Å². The van der Waals surface area contributed by atoms with Gasteiger partial charge in [-0.3, -0.25) is 0 Å². The molecule has 0 radical (unpaired) electrons. The van der Waals surface area contributed by atoms with Gasteiger partial charge in [0, 0.05) is 12.0 Å². The normalized spacial score (nSPS) is 26.2. The van der Waals surface area contributed by atoms with E-state index in [-0.39, 0.29) is 0 Å². The Bertz CT molecular complexity index is 554. The molecule has 1 aliphatic carbocycles. The summed E-state index contributed by atoms with van der Waals surface area (Å²) in [6, 6.07) is 6.50. The Labute approximate surface area is 109 Å². The highest BCUT2D eigenvalue weighted by atomic mass is 16.5. The van der Waals surface area contributed by atoms with Gasteiger partial charge in [0.2, 0.25) is 0 Å². The summed E-state index contributed by atoms with van der Waals surface area (Å²) < 4.78 is 7.61. The van der Waals surface area contributed by atoms with Crippen LogP contribution in [0.1, 0.15) is 24.5 Å². The summed E-state index contributed by atoms with van der Waals surface area (Å²) in [6.45, 7) is 3.48. The van der Waals surface area contributed by atoms with E-state index in [1.807, 2.05) is 0 Å². The van der Waals surface area contributed by atoms with Crippen molar-refractivity contribution in [2.45, 2.75) is 19.8 Å². The summed E-state index contributed by atoms with van der Waals surface area (Å²) in [6.07, 6.45) is 4.63. The highest BCUT2D eigenvalue weighted by Crippen LogP contribution is 2.41. The minimum Gasteiger partial charge on any atom is -0.497 e. The third kappa shape index (κ3) is 1.76. The Hall–Kier alpha value is -1.57. The lowest BCUT2D eigenvalue weighted by Crippen LogP contribution is -1.98. The van der Waals surface area contributed by atoms with Crippen LogP contribution in [0.15, 0.2) is 23.8 Å². The van der Waals surface area contributed by atoms with E-state index >= 15 is 0 Å². The fourth-order valence-corrected chi connectivity index (χ4v) is 3.21. The van der Waals surface area contributed by atoms with Crippen LogP contribution in [0, 0.1) is 5.92 Å². The van der Waals surface area contributed by atoms with Gasteiger partial charge in [0.15, 0.2) is 6.21 Å². The van der Waals surface area contributed by atoms with Crippen LogP contribution >= 0.6 is 0 Å². The number of fused-ring (bicyclic) bond motifs is 1. The highest BCUT2D eigenvalue weighted by Gasteiger charge is 2.29. The van der Waals surface area contributed by atoms with E-state index < -0.39 is 0 Å². The molecule has 0 N–H and O–H groups in total. The van der Waals surface area contributed by atoms with Gasteiger partial charge in [-0.05, 0) is 41.2 Å². The molecule has 2 heteroatoms. The van der Waals surface area contributed by atoms with E-state index in [2.05, 4.69) is 43.0 Å². The molecule has 0 fully saturated rings. The van der Waals surface area contributed by atoms with E-state index in [0.29, 0.717) is 5.92 Å². The molecule has 0 aromatic heterocycles. The predicted octanol–water partition coefficient (Wildman–Crippen LogP) is 2.76. The maximum absolute atomic E-state index is 5.32. The first-order valence-electron chi connectivity index (χ1n) is 6.64. The Balaban J connectivity index is 2.10. The van der Waals surface area contributed by atoms with E-state index in [9.17, 15) is 0 Å². The first-order chi connectivity index (χ1) is 8.69. The van der Waals surface area contributed by atoms with Crippen LogP contribution in [-0.4, -0.2) is 31.5 Å². The van der Waals surface area contributed by atoms with Gasteiger partial charge in [0.05, 0.1) is 7.11 Å². The number of benzene rings is 1. The van der Waals surface area contributed by atoms with Crippen molar-refractivity contribution in [2.75, 3.05) is 20.7 Å². The zero-order valence-corrected chi connectivity index (χ0v) is 11.4. The molecular weight excluding hydrogens is 222 g/mol. The third-order valence-corrected chi connectivity index (χ3v) is 4.08. The van der Waals surface area contributed by atoms with Crippen molar-refractivity contribution < 1.29 is 9.31 Å². The number of hydrogen-bond donors (Lipinski definition) is 0. The summed E-state index contributed by atoms with van der Waals surface area (Å²) in [5.74, 6) is 1.60. The fourth-order valence-electron chi connectivity index (χ4n) is 3.21. The van der Waals surface area contributed by atoms with Gasteiger partial charge in [0.25, 0.3) is 0 Å². The average Bonchev–Trinajstić information content (AvgIpc) is 2.90. The molecule has 18 heavy (non-hydrogen) atoms. The standard InChI is InChI=1S/C16H20NO/c1-11-8-13-9-14(18-3)4-5-15(13)16(11)12-6-7-17(2)10-12/h4-5,9-11H,6-8H2,1-3H3/q+1/b16-12+. The molecule has 0 amide bonds. The predicted molar refractivity (Wildman–Crippen MR) is 74.5 cm³/mol. The summed E-state index contributed by atoms with van der Waals surface area (Å²) in [5.41, 5.74) is 5.95. The maximum Gasteiger partial charge on any atom is 0.166 e. The molecule has 94 valence electrons. The van der Waals surface area contributed by atoms with Crippen molar-refractivity contribution in [3.05, 3.63) is 34.9 Å². The van der Waals surface area contributed by atoms with Gasteiger partial charge < -0.3 is 4.74 Å². The summed E-state index contributed by atoms with van der Waals surface area (Å²) in [4.78, 5) is 0. The van der Waals surface area contributed by atoms with Crippen LogP contribution in [0.4, 0.5) is 0 Å². The molecule has 2 aliphatic rings. The zero-order chi connectivity index (χ0) is 12.7. The van der Waals surface area contributed by atoms with Gasteiger partial charge in [-0.15, -0.1) is 0 Å². The first-order valence-corrected chi connectivity index (χ1v) is 6.64. The van der Waals surface area contributed by atoms with Crippen LogP contribution in [0.25, 0.3) is 5.57 Å². The number of hydrogen-bond acceptors (Lipinski definition) is 1. The second kappa shape index (κ2) is 4.27. The molecule has 1 aliphatic heterocycles. The first kappa shape index (κ1) is 11.5. The SMILES string of the molecule is COc1ccc2c(c1)CC(C)/C2=C1\C=[N+](C)CC1. The average molecular weight is 242 g/mol. The third-order valence-electron chi connectivity index (χ3n) is 4.08. The topological polar surface area (TPSA) is 12.2 Å². The molecule has 1 heterocycles. The minimum atomic E-state index is 0.629. The second-order valence-electron chi connectivity index (χ2n) is 5.43. The van der Waals surface area contributed by atoms with Gasteiger partial charge in [-0.25, -0.2) is 4.58 Å². The lowest BCUT2D eigenvalue weighted by molar-refractivity contribution is -0.484. The maximum atomic E-state index is 5.32. The second-order valence-corrected chi connectivity index (χ2v) is 5.43. The van der Waals surface area contributed by atoms with Crippen molar-refractivity contribution in [3.8, 4) is 5.75 Å². The van der Waals surface area contributed by atoms with Crippen LogP contribution in [-0.2, 0) is 6.42 Å². The van der Waals surface area contributed by atoms with Crippen LogP contribution < -0.4 is 4.74 Å². The molecule has 0 saturated carbocycles. The molecule has 2 nitrogen and oxygen atoms in total. The zero-order valence-electron chi connectivity index (χ0n) is 11.4. The summed E-state index contributed by atoms with van der Waals surface area (Å²) in [7, 11) is 3.89. The van der Waals surface area contributed by atoms with Crippen molar-refractivity contribution in [1.82, 2.24) is 0 Å². The van der Waals surface area contributed by atoms with Crippen LogP contribution in [0.3, 0.4) is 0 Å². The molecule has 0 spiro atoms. The molecule has 1 aromatic carbocycles. The summed E-state index contributed by atoms with van der Waals surface area (Å²) >= 11 is 0. The van der Waals surface area contributed by atoms with E-state index in [1.54, 1.807) is 12.7 Å². The van der Waals surface area contributed by atoms with Crippen molar-refractivity contribution in [3.63, 3.8) is 0 Å². The molecule has 1 unspecified atom stereocenters. The van der Waals surface area contributed by atoms with Crippen molar-refractivity contribution >= 4 is 11.8 Å². The number of ether oxygens (including phenoxy) is 1.